The maximum atomic E-state index is 11.6. The highest BCUT2D eigenvalue weighted by molar-refractivity contribution is 5.75. The molecular formula is C15H31NO2. The number of rotatable bonds is 10. The summed E-state index contributed by atoms with van der Waals surface area (Å²) in [6.07, 6.45) is 7.60. The second kappa shape index (κ2) is 10.4. The van der Waals surface area contributed by atoms with Crippen LogP contribution in [0, 0.1) is 5.92 Å². The lowest BCUT2D eigenvalue weighted by Gasteiger charge is -2.24. The third kappa shape index (κ3) is 7.70. The summed E-state index contributed by atoms with van der Waals surface area (Å²) in [5, 5.41) is 3.38. The number of ether oxygens (including phenoxy) is 1. The van der Waals surface area contributed by atoms with Crippen molar-refractivity contribution in [2.24, 2.45) is 5.92 Å². The van der Waals surface area contributed by atoms with Crippen LogP contribution < -0.4 is 5.32 Å². The van der Waals surface area contributed by atoms with E-state index in [4.69, 9.17) is 4.74 Å². The molecule has 18 heavy (non-hydrogen) atoms. The second-order valence-electron chi connectivity index (χ2n) is 5.52. The molecule has 0 spiro atoms. The number of esters is 1. The summed E-state index contributed by atoms with van der Waals surface area (Å²) in [6, 6.07) is 0.193. The Balaban J connectivity index is 3.88. The first-order chi connectivity index (χ1) is 8.52. The number of nitrogens with one attached hydrogen (secondary N) is 1. The van der Waals surface area contributed by atoms with Gasteiger partial charge in [0.25, 0.3) is 0 Å². The Hall–Kier alpha value is -0.570. The van der Waals surface area contributed by atoms with Crippen LogP contribution in [0.4, 0.5) is 0 Å². The van der Waals surface area contributed by atoms with Gasteiger partial charge < -0.3 is 10.1 Å². The maximum Gasteiger partial charge on any atom is 0.323 e. The van der Waals surface area contributed by atoms with Gasteiger partial charge in [-0.05, 0) is 19.3 Å². The van der Waals surface area contributed by atoms with E-state index in [1.165, 1.54) is 39.2 Å². The molecule has 0 amide bonds. The Morgan fingerprint density at radius 3 is 2.22 bits per heavy atom. The number of carbonyl (C=O) groups excluding carboxylic acids is 1. The molecule has 0 aliphatic rings. The van der Waals surface area contributed by atoms with Gasteiger partial charge in [-0.15, -0.1) is 0 Å². The fraction of sp³-hybridized carbons (Fsp3) is 0.933. The monoisotopic (exact) mass is 257 g/mol. The van der Waals surface area contributed by atoms with Crippen LogP contribution in [0.15, 0.2) is 0 Å². The molecule has 0 rings (SSSR count). The molecule has 0 fully saturated rings. The zero-order valence-electron chi connectivity index (χ0n) is 12.8. The fourth-order valence-corrected chi connectivity index (χ4v) is 2.10. The van der Waals surface area contributed by atoms with Crippen molar-refractivity contribution in [2.75, 3.05) is 7.11 Å². The number of hydrogen-bond acceptors (Lipinski definition) is 3. The summed E-state index contributed by atoms with van der Waals surface area (Å²) in [4.78, 5) is 11.6. The van der Waals surface area contributed by atoms with Gasteiger partial charge in [-0.25, -0.2) is 0 Å². The van der Waals surface area contributed by atoms with Crippen LogP contribution in [0.1, 0.15) is 66.2 Å². The Morgan fingerprint density at radius 2 is 1.72 bits per heavy atom. The quantitative estimate of drug-likeness (QED) is 0.480. The lowest BCUT2D eigenvalue weighted by atomic mass is 10.0. The van der Waals surface area contributed by atoms with Crippen molar-refractivity contribution >= 4 is 5.97 Å². The Morgan fingerprint density at radius 1 is 1.11 bits per heavy atom. The van der Waals surface area contributed by atoms with Gasteiger partial charge in [0, 0.05) is 6.04 Å². The summed E-state index contributed by atoms with van der Waals surface area (Å²) in [5.74, 6) is 0.114. The molecular weight excluding hydrogens is 226 g/mol. The summed E-state index contributed by atoms with van der Waals surface area (Å²) in [6.45, 7) is 8.47. The van der Waals surface area contributed by atoms with E-state index in [-0.39, 0.29) is 17.9 Å². The van der Waals surface area contributed by atoms with Crippen LogP contribution in [-0.4, -0.2) is 25.2 Å². The summed E-state index contributed by atoms with van der Waals surface area (Å²) < 4.78 is 4.83. The molecule has 0 aromatic rings. The van der Waals surface area contributed by atoms with Crippen molar-refractivity contribution in [1.82, 2.24) is 5.32 Å². The lowest BCUT2D eigenvalue weighted by Crippen LogP contribution is -2.46. The molecule has 108 valence electrons. The molecule has 2 atom stereocenters. The van der Waals surface area contributed by atoms with Gasteiger partial charge in [0.05, 0.1) is 7.11 Å². The highest BCUT2D eigenvalue weighted by atomic mass is 16.5. The SMILES string of the molecule is CCCCCCCC(C)N[C@H](C(=O)OC)C(C)C. The van der Waals surface area contributed by atoms with E-state index in [2.05, 4.69) is 19.2 Å². The van der Waals surface area contributed by atoms with Gasteiger partial charge in [0.2, 0.25) is 0 Å². The predicted octanol–water partition coefficient (Wildman–Crippen LogP) is 3.52. The van der Waals surface area contributed by atoms with E-state index in [0.29, 0.717) is 6.04 Å². The maximum absolute atomic E-state index is 11.6. The van der Waals surface area contributed by atoms with Gasteiger partial charge in [-0.2, -0.15) is 0 Å². The average molecular weight is 257 g/mol. The van der Waals surface area contributed by atoms with E-state index in [0.717, 1.165) is 6.42 Å². The van der Waals surface area contributed by atoms with Crippen LogP contribution in [0.2, 0.25) is 0 Å². The molecule has 1 N–H and O–H groups in total. The molecule has 0 bridgehead atoms. The Labute approximate surface area is 113 Å². The molecule has 0 heterocycles. The molecule has 0 aliphatic carbocycles. The minimum Gasteiger partial charge on any atom is -0.468 e. The van der Waals surface area contributed by atoms with E-state index in [1.807, 2.05) is 13.8 Å². The zero-order valence-corrected chi connectivity index (χ0v) is 12.8. The first-order valence-electron chi connectivity index (χ1n) is 7.36. The number of unbranched alkanes of at least 4 members (excludes halogenated alkanes) is 4. The summed E-state index contributed by atoms with van der Waals surface area (Å²) in [7, 11) is 1.45. The van der Waals surface area contributed by atoms with E-state index in [1.54, 1.807) is 0 Å². The van der Waals surface area contributed by atoms with Crippen molar-refractivity contribution in [3.8, 4) is 0 Å². The van der Waals surface area contributed by atoms with Crippen molar-refractivity contribution < 1.29 is 9.53 Å². The van der Waals surface area contributed by atoms with Crippen LogP contribution >= 0.6 is 0 Å². The minimum absolute atomic E-state index is 0.150. The van der Waals surface area contributed by atoms with Crippen LogP contribution in [-0.2, 0) is 9.53 Å². The normalized spacial score (nSPS) is 14.6. The molecule has 0 aromatic heterocycles. The largest absolute Gasteiger partial charge is 0.468 e. The van der Waals surface area contributed by atoms with Crippen molar-refractivity contribution in [3.63, 3.8) is 0 Å². The standard InChI is InChI=1S/C15H31NO2/c1-6-7-8-9-10-11-13(4)16-14(12(2)3)15(17)18-5/h12-14,16H,6-11H2,1-5H3/t13?,14-/m0/s1. The van der Waals surface area contributed by atoms with Gasteiger partial charge in [0.15, 0.2) is 0 Å². The third-order valence-electron chi connectivity index (χ3n) is 3.33. The van der Waals surface area contributed by atoms with Crippen molar-refractivity contribution in [2.45, 2.75) is 78.3 Å². The van der Waals surface area contributed by atoms with Gasteiger partial charge in [-0.1, -0.05) is 52.9 Å². The van der Waals surface area contributed by atoms with Gasteiger partial charge in [0.1, 0.15) is 6.04 Å². The first-order valence-corrected chi connectivity index (χ1v) is 7.36. The number of methoxy groups -OCH3 is 1. The zero-order chi connectivity index (χ0) is 14.0. The lowest BCUT2D eigenvalue weighted by molar-refractivity contribution is -0.144. The predicted molar refractivity (Wildman–Crippen MR) is 76.6 cm³/mol. The fourth-order valence-electron chi connectivity index (χ4n) is 2.10. The highest BCUT2D eigenvalue weighted by Crippen LogP contribution is 2.10. The van der Waals surface area contributed by atoms with E-state index < -0.39 is 0 Å². The number of hydrogen-bond donors (Lipinski definition) is 1. The first kappa shape index (κ1) is 17.4. The Bertz CT molecular complexity index is 217. The molecule has 3 heteroatoms. The third-order valence-corrected chi connectivity index (χ3v) is 3.33. The molecule has 0 radical (unpaired) electrons. The second-order valence-corrected chi connectivity index (χ2v) is 5.52. The molecule has 0 aromatic carbocycles. The molecule has 0 saturated carbocycles. The molecule has 0 saturated heterocycles. The minimum atomic E-state index is -0.180. The van der Waals surface area contributed by atoms with E-state index >= 15 is 0 Å². The van der Waals surface area contributed by atoms with Crippen LogP contribution in [0.3, 0.4) is 0 Å². The highest BCUT2D eigenvalue weighted by Gasteiger charge is 2.23. The summed E-state index contributed by atoms with van der Waals surface area (Å²) >= 11 is 0. The molecule has 3 nitrogen and oxygen atoms in total. The number of carbonyl (C=O) groups is 1. The Kier molecular flexibility index (Phi) is 10.0. The molecule has 1 unspecified atom stereocenters. The van der Waals surface area contributed by atoms with Crippen LogP contribution in [0.5, 0.6) is 0 Å². The van der Waals surface area contributed by atoms with Gasteiger partial charge >= 0.3 is 5.97 Å². The molecule has 0 aliphatic heterocycles. The van der Waals surface area contributed by atoms with Crippen molar-refractivity contribution in [3.05, 3.63) is 0 Å². The topological polar surface area (TPSA) is 38.3 Å². The smallest absolute Gasteiger partial charge is 0.323 e. The van der Waals surface area contributed by atoms with E-state index in [9.17, 15) is 4.79 Å². The van der Waals surface area contributed by atoms with Gasteiger partial charge in [-0.3, -0.25) is 4.79 Å². The summed E-state index contributed by atoms with van der Waals surface area (Å²) in [5.41, 5.74) is 0. The van der Waals surface area contributed by atoms with Crippen molar-refractivity contribution in [1.29, 1.82) is 0 Å². The average Bonchev–Trinajstić information content (AvgIpc) is 2.34. The van der Waals surface area contributed by atoms with Crippen LogP contribution in [0.25, 0.3) is 0 Å².